The second kappa shape index (κ2) is 8.97. The van der Waals surface area contributed by atoms with Crippen molar-refractivity contribution in [3.63, 3.8) is 0 Å². The van der Waals surface area contributed by atoms with Crippen LogP contribution in [-0.2, 0) is 0 Å². The first kappa shape index (κ1) is 13.4. The molecule has 0 aliphatic carbocycles. The van der Waals surface area contributed by atoms with Crippen molar-refractivity contribution < 1.29 is 4.92 Å². The van der Waals surface area contributed by atoms with E-state index in [4.69, 9.17) is 0 Å². The van der Waals surface area contributed by atoms with E-state index < -0.39 is 0 Å². The fourth-order valence-corrected chi connectivity index (χ4v) is 1.62. The Balaban J connectivity index is 3.61. The molecule has 0 rings (SSSR count). The Bertz CT molecular complexity index is 138. The molecule has 3 heteroatoms. The molecule has 0 atom stereocenters. The van der Waals surface area contributed by atoms with Crippen LogP contribution in [-0.4, -0.2) is 11.0 Å². The third kappa shape index (κ3) is 6.87. The Kier molecular flexibility index (Phi) is 8.59. The molecule has 84 valence electrons. The summed E-state index contributed by atoms with van der Waals surface area (Å²) >= 11 is 0. The average Bonchev–Trinajstić information content (AvgIpc) is 2.15. The zero-order chi connectivity index (χ0) is 10.8. The highest BCUT2D eigenvalue weighted by atomic mass is 16.6. The summed E-state index contributed by atoms with van der Waals surface area (Å²) in [7, 11) is 0. The minimum absolute atomic E-state index is 0.0919. The van der Waals surface area contributed by atoms with Crippen molar-refractivity contribution in [2.75, 3.05) is 0 Å². The molecule has 3 nitrogen and oxygen atoms in total. The molecule has 0 aromatic heterocycles. The monoisotopic (exact) mass is 201 g/mol. The summed E-state index contributed by atoms with van der Waals surface area (Å²) in [5.74, 6) is 0. The van der Waals surface area contributed by atoms with Gasteiger partial charge in [0, 0.05) is 17.8 Å². The molecule has 0 saturated heterocycles. The molecule has 0 radical (unpaired) electrons. The van der Waals surface area contributed by atoms with Gasteiger partial charge in [-0.05, 0) is 12.8 Å². The SMILES string of the molecule is CCCCCC(CCCCC)[N+](=O)[O-]. The molecule has 0 spiro atoms. The largest absolute Gasteiger partial charge is 0.264 e. The molecule has 0 unspecified atom stereocenters. The summed E-state index contributed by atoms with van der Waals surface area (Å²) in [6.07, 6.45) is 8.08. The molecule has 0 aromatic carbocycles. The Hall–Kier alpha value is -0.600. The predicted octanol–water partition coefficient (Wildman–Crippen LogP) is 3.79. The number of nitro groups is 1. The van der Waals surface area contributed by atoms with E-state index in [2.05, 4.69) is 13.8 Å². The third-order valence-corrected chi connectivity index (χ3v) is 2.58. The molecular weight excluding hydrogens is 178 g/mol. The van der Waals surface area contributed by atoms with Crippen molar-refractivity contribution >= 4 is 0 Å². The number of hydrogen-bond donors (Lipinski definition) is 0. The van der Waals surface area contributed by atoms with Gasteiger partial charge in [-0.3, -0.25) is 10.1 Å². The maximum atomic E-state index is 10.7. The molecule has 0 amide bonds. The van der Waals surface area contributed by atoms with E-state index in [1.54, 1.807) is 0 Å². The molecule has 0 aromatic rings. The highest BCUT2D eigenvalue weighted by molar-refractivity contribution is 4.57. The first-order chi connectivity index (χ1) is 6.72. The summed E-state index contributed by atoms with van der Waals surface area (Å²) in [5.41, 5.74) is 0. The van der Waals surface area contributed by atoms with Crippen LogP contribution in [0.1, 0.15) is 65.2 Å². The zero-order valence-corrected chi connectivity index (χ0v) is 9.50. The third-order valence-electron chi connectivity index (χ3n) is 2.58. The Morgan fingerprint density at radius 2 is 1.43 bits per heavy atom. The van der Waals surface area contributed by atoms with E-state index in [1.165, 1.54) is 0 Å². The topological polar surface area (TPSA) is 43.1 Å². The molecule has 0 bridgehead atoms. The normalized spacial score (nSPS) is 10.8. The van der Waals surface area contributed by atoms with Gasteiger partial charge in [-0.15, -0.1) is 0 Å². The fraction of sp³-hybridized carbons (Fsp3) is 1.00. The molecule has 14 heavy (non-hydrogen) atoms. The first-order valence-corrected chi connectivity index (χ1v) is 5.85. The maximum absolute atomic E-state index is 10.7. The number of nitrogens with zero attached hydrogens (tertiary/aromatic N) is 1. The van der Waals surface area contributed by atoms with Crippen LogP contribution in [0.25, 0.3) is 0 Å². The van der Waals surface area contributed by atoms with E-state index in [-0.39, 0.29) is 11.0 Å². The van der Waals surface area contributed by atoms with Crippen molar-refractivity contribution in [2.24, 2.45) is 0 Å². The molecule has 0 fully saturated rings. The highest BCUT2D eigenvalue weighted by Gasteiger charge is 2.18. The number of unbranched alkanes of at least 4 members (excludes halogenated alkanes) is 4. The molecular formula is C11H23NO2. The van der Waals surface area contributed by atoms with Crippen LogP contribution in [0.2, 0.25) is 0 Å². The van der Waals surface area contributed by atoms with Gasteiger partial charge in [0.2, 0.25) is 6.04 Å². The van der Waals surface area contributed by atoms with Crippen molar-refractivity contribution in [1.29, 1.82) is 0 Å². The number of hydrogen-bond acceptors (Lipinski definition) is 2. The molecule has 0 aliphatic heterocycles. The lowest BCUT2D eigenvalue weighted by Gasteiger charge is -2.08. The summed E-state index contributed by atoms with van der Waals surface area (Å²) < 4.78 is 0. The second-order valence-electron chi connectivity index (χ2n) is 3.93. The maximum Gasteiger partial charge on any atom is 0.213 e. The standard InChI is InChI=1S/C11H23NO2/c1-3-5-7-9-11(12(13)14)10-8-6-4-2/h11H,3-10H2,1-2H3. The van der Waals surface area contributed by atoms with Crippen molar-refractivity contribution in [3.05, 3.63) is 10.1 Å². The first-order valence-electron chi connectivity index (χ1n) is 5.85. The smallest absolute Gasteiger partial charge is 0.213 e. The zero-order valence-electron chi connectivity index (χ0n) is 9.50. The van der Waals surface area contributed by atoms with Gasteiger partial charge < -0.3 is 0 Å². The minimum atomic E-state index is -0.284. The lowest BCUT2D eigenvalue weighted by atomic mass is 10.0. The quantitative estimate of drug-likeness (QED) is 0.323. The highest BCUT2D eigenvalue weighted by Crippen LogP contribution is 2.13. The van der Waals surface area contributed by atoms with Gasteiger partial charge in [-0.25, -0.2) is 0 Å². The summed E-state index contributed by atoms with van der Waals surface area (Å²) in [4.78, 5) is 10.6. The summed E-state index contributed by atoms with van der Waals surface area (Å²) in [5, 5.41) is 10.7. The van der Waals surface area contributed by atoms with Crippen molar-refractivity contribution in [3.8, 4) is 0 Å². The lowest BCUT2D eigenvalue weighted by molar-refractivity contribution is -0.524. The molecule has 0 saturated carbocycles. The fourth-order valence-electron chi connectivity index (χ4n) is 1.62. The van der Waals surface area contributed by atoms with Gasteiger partial charge in [-0.2, -0.15) is 0 Å². The van der Waals surface area contributed by atoms with Crippen LogP contribution in [0, 0.1) is 10.1 Å². The second-order valence-corrected chi connectivity index (χ2v) is 3.93. The van der Waals surface area contributed by atoms with Gasteiger partial charge in [0.1, 0.15) is 0 Å². The van der Waals surface area contributed by atoms with E-state index in [0.717, 1.165) is 51.4 Å². The van der Waals surface area contributed by atoms with Gasteiger partial charge in [0.25, 0.3) is 0 Å². The van der Waals surface area contributed by atoms with E-state index in [0.29, 0.717) is 0 Å². The van der Waals surface area contributed by atoms with Crippen molar-refractivity contribution in [1.82, 2.24) is 0 Å². The Morgan fingerprint density at radius 1 is 1.00 bits per heavy atom. The van der Waals surface area contributed by atoms with Gasteiger partial charge in [0.05, 0.1) is 0 Å². The van der Waals surface area contributed by atoms with Gasteiger partial charge in [0.15, 0.2) is 0 Å². The van der Waals surface area contributed by atoms with Crippen LogP contribution >= 0.6 is 0 Å². The number of rotatable bonds is 9. The minimum Gasteiger partial charge on any atom is -0.264 e. The van der Waals surface area contributed by atoms with Gasteiger partial charge in [-0.1, -0.05) is 39.5 Å². The van der Waals surface area contributed by atoms with E-state index in [9.17, 15) is 10.1 Å². The van der Waals surface area contributed by atoms with Gasteiger partial charge >= 0.3 is 0 Å². The molecule has 0 N–H and O–H groups in total. The van der Waals surface area contributed by atoms with Crippen LogP contribution in [0.15, 0.2) is 0 Å². The average molecular weight is 201 g/mol. The van der Waals surface area contributed by atoms with E-state index >= 15 is 0 Å². The predicted molar refractivity (Wildman–Crippen MR) is 59.1 cm³/mol. The Morgan fingerprint density at radius 3 is 1.71 bits per heavy atom. The van der Waals surface area contributed by atoms with Crippen LogP contribution in [0.3, 0.4) is 0 Å². The van der Waals surface area contributed by atoms with Crippen LogP contribution in [0.5, 0.6) is 0 Å². The molecule has 0 aliphatic rings. The van der Waals surface area contributed by atoms with E-state index in [1.807, 2.05) is 0 Å². The molecule has 0 heterocycles. The van der Waals surface area contributed by atoms with Crippen LogP contribution < -0.4 is 0 Å². The Labute approximate surface area is 87.0 Å². The van der Waals surface area contributed by atoms with Crippen molar-refractivity contribution in [2.45, 2.75) is 71.3 Å². The lowest BCUT2D eigenvalue weighted by Crippen LogP contribution is -2.19. The van der Waals surface area contributed by atoms with Crippen LogP contribution in [0.4, 0.5) is 0 Å². The summed E-state index contributed by atoms with van der Waals surface area (Å²) in [6, 6.07) is -0.284. The summed E-state index contributed by atoms with van der Waals surface area (Å²) in [6.45, 7) is 4.25.